The van der Waals surface area contributed by atoms with Gasteiger partial charge in [-0.3, -0.25) is 4.90 Å². The standard InChI is InChI=1S/C13H23NO/c15-11-13(7-3-4-8-13)14-9-12(10-14)5-1-2-6-12/h15H,1-11H2. The third kappa shape index (κ3) is 1.45. The Labute approximate surface area is 92.7 Å². The van der Waals surface area contributed by atoms with E-state index in [2.05, 4.69) is 4.90 Å². The molecule has 0 aromatic rings. The van der Waals surface area contributed by atoms with E-state index in [1.165, 1.54) is 64.5 Å². The van der Waals surface area contributed by atoms with E-state index in [-0.39, 0.29) is 5.54 Å². The monoisotopic (exact) mass is 209 g/mol. The summed E-state index contributed by atoms with van der Waals surface area (Å²) in [5.74, 6) is 0. The second kappa shape index (κ2) is 3.46. The predicted octanol–water partition coefficient (Wildman–Crippen LogP) is 2.17. The Balaban J connectivity index is 1.65. The summed E-state index contributed by atoms with van der Waals surface area (Å²) in [6, 6.07) is 0. The van der Waals surface area contributed by atoms with Gasteiger partial charge in [0, 0.05) is 18.6 Å². The van der Waals surface area contributed by atoms with E-state index in [9.17, 15) is 5.11 Å². The Kier molecular flexibility index (Phi) is 2.33. The van der Waals surface area contributed by atoms with Crippen LogP contribution in [-0.4, -0.2) is 35.2 Å². The summed E-state index contributed by atoms with van der Waals surface area (Å²) in [6.45, 7) is 2.96. The maximum atomic E-state index is 9.64. The van der Waals surface area contributed by atoms with Crippen molar-refractivity contribution in [2.24, 2.45) is 5.41 Å². The van der Waals surface area contributed by atoms with Gasteiger partial charge in [-0.2, -0.15) is 0 Å². The molecule has 15 heavy (non-hydrogen) atoms. The van der Waals surface area contributed by atoms with E-state index in [1.54, 1.807) is 0 Å². The van der Waals surface area contributed by atoms with Crippen molar-refractivity contribution in [1.82, 2.24) is 4.90 Å². The van der Waals surface area contributed by atoms with E-state index in [0.29, 0.717) is 12.0 Å². The van der Waals surface area contributed by atoms with E-state index in [4.69, 9.17) is 0 Å². The van der Waals surface area contributed by atoms with Crippen LogP contribution in [0.4, 0.5) is 0 Å². The van der Waals surface area contributed by atoms with Crippen molar-refractivity contribution >= 4 is 0 Å². The van der Waals surface area contributed by atoms with Crippen LogP contribution >= 0.6 is 0 Å². The van der Waals surface area contributed by atoms with E-state index in [1.807, 2.05) is 0 Å². The molecule has 1 spiro atoms. The molecule has 86 valence electrons. The maximum absolute atomic E-state index is 9.64. The topological polar surface area (TPSA) is 23.5 Å². The molecule has 1 heterocycles. The summed E-state index contributed by atoms with van der Waals surface area (Å²) in [7, 11) is 0. The fraction of sp³-hybridized carbons (Fsp3) is 1.00. The molecule has 1 saturated heterocycles. The minimum atomic E-state index is 0.202. The van der Waals surface area contributed by atoms with Gasteiger partial charge in [0.05, 0.1) is 6.61 Å². The molecule has 2 saturated carbocycles. The average Bonchev–Trinajstić information content (AvgIpc) is 2.85. The molecule has 1 aliphatic heterocycles. The second-order valence-electron chi connectivity index (χ2n) is 6.15. The third-order valence-electron chi connectivity index (χ3n) is 5.22. The zero-order chi connectivity index (χ0) is 10.4. The molecule has 0 atom stereocenters. The van der Waals surface area contributed by atoms with Gasteiger partial charge in [-0.1, -0.05) is 25.7 Å². The van der Waals surface area contributed by atoms with Crippen LogP contribution in [-0.2, 0) is 0 Å². The van der Waals surface area contributed by atoms with Gasteiger partial charge in [-0.25, -0.2) is 0 Å². The van der Waals surface area contributed by atoms with E-state index < -0.39 is 0 Å². The first-order valence-corrected chi connectivity index (χ1v) is 6.65. The van der Waals surface area contributed by atoms with Crippen molar-refractivity contribution in [1.29, 1.82) is 0 Å². The fourth-order valence-corrected chi connectivity index (χ4v) is 4.15. The van der Waals surface area contributed by atoms with Crippen molar-refractivity contribution in [3.63, 3.8) is 0 Å². The molecule has 0 aromatic carbocycles. The lowest BCUT2D eigenvalue weighted by molar-refractivity contribution is -0.0926. The zero-order valence-electron chi connectivity index (χ0n) is 9.67. The summed E-state index contributed by atoms with van der Waals surface area (Å²) in [6.07, 6.45) is 10.9. The molecule has 3 rings (SSSR count). The fourth-order valence-electron chi connectivity index (χ4n) is 4.15. The van der Waals surface area contributed by atoms with Crippen molar-refractivity contribution < 1.29 is 5.11 Å². The number of rotatable bonds is 2. The van der Waals surface area contributed by atoms with Crippen molar-refractivity contribution in [3.8, 4) is 0 Å². The minimum Gasteiger partial charge on any atom is -0.394 e. The highest BCUT2D eigenvalue weighted by Crippen LogP contribution is 2.50. The molecule has 3 aliphatic rings. The summed E-state index contributed by atoms with van der Waals surface area (Å²) in [5, 5.41) is 9.64. The van der Waals surface area contributed by atoms with Gasteiger partial charge >= 0.3 is 0 Å². The lowest BCUT2D eigenvalue weighted by Crippen LogP contribution is -2.65. The van der Waals surface area contributed by atoms with Gasteiger partial charge in [0.1, 0.15) is 0 Å². The molecule has 2 aliphatic carbocycles. The minimum absolute atomic E-state index is 0.202. The summed E-state index contributed by atoms with van der Waals surface area (Å²) in [4.78, 5) is 2.60. The summed E-state index contributed by atoms with van der Waals surface area (Å²) in [5.41, 5.74) is 0.888. The number of aliphatic hydroxyl groups is 1. The normalized spacial score (nSPS) is 33.4. The molecule has 2 nitrogen and oxygen atoms in total. The quantitative estimate of drug-likeness (QED) is 0.753. The van der Waals surface area contributed by atoms with Gasteiger partial charge < -0.3 is 5.11 Å². The number of hydrogen-bond acceptors (Lipinski definition) is 2. The number of aliphatic hydroxyl groups excluding tert-OH is 1. The highest BCUT2D eigenvalue weighted by Gasteiger charge is 2.52. The van der Waals surface area contributed by atoms with Crippen molar-refractivity contribution in [2.45, 2.75) is 56.9 Å². The van der Waals surface area contributed by atoms with Crippen molar-refractivity contribution in [2.75, 3.05) is 19.7 Å². The molecular weight excluding hydrogens is 186 g/mol. The largest absolute Gasteiger partial charge is 0.394 e. The molecular formula is C13H23NO. The van der Waals surface area contributed by atoms with Crippen LogP contribution in [0.2, 0.25) is 0 Å². The van der Waals surface area contributed by atoms with Crippen molar-refractivity contribution in [3.05, 3.63) is 0 Å². The molecule has 2 heteroatoms. The number of hydrogen-bond donors (Lipinski definition) is 1. The Morgan fingerprint density at radius 3 is 1.93 bits per heavy atom. The van der Waals surface area contributed by atoms with Crippen LogP contribution in [0.3, 0.4) is 0 Å². The lowest BCUT2D eigenvalue weighted by Gasteiger charge is -2.56. The van der Waals surface area contributed by atoms with E-state index in [0.717, 1.165) is 0 Å². The third-order valence-corrected chi connectivity index (χ3v) is 5.22. The average molecular weight is 209 g/mol. The smallest absolute Gasteiger partial charge is 0.0615 e. The first kappa shape index (κ1) is 10.1. The summed E-state index contributed by atoms with van der Waals surface area (Å²) >= 11 is 0. The zero-order valence-corrected chi connectivity index (χ0v) is 9.67. The number of likely N-dealkylation sites (tertiary alicyclic amines) is 1. The first-order chi connectivity index (χ1) is 7.29. The van der Waals surface area contributed by atoms with Crippen LogP contribution < -0.4 is 0 Å². The Bertz CT molecular complexity index is 231. The van der Waals surface area contributed by atoms with Crippen LogP contribution in [0.1, 0.15) is 51.4 Å². The van der Waals surface area contributed by atoms with Gasteiger partial charge in [0.15, 0.2) is 0 Å². The van der Waals surface area contributed by atoms with Crippen LogP contribution in [0.5, 0.6) is 0 Å². The van der Waals surface area contributed by atoms with Gasteiger partial charge in [-0.05, 0) is 31.1 Å². The highest BCUT2D eigenvalue weighted by atomic mass is 16.3. The Morgan fingerprint density at radius 2 is 1.40 bits per heavy atom. The Hall–Kier alpha value is -0.0800. The lowest BCUT2D eigenvalue weighted by atomic mass is 9.74. The van der Waals surface area contributed by atoms with Crippen LogP contribution in [0.15, 0.2) is 0 Å². The summed E-state index contributed by atoms with van der Waals surface area (Å²) < 4.78 is 0. The second-order valence-corrected chi connectivity index (χ2v) is 6.15. The molecule has 1 N–H and O–H groups in total. The predicted molar refractivity (Wildman–Crippen MR) is 60.8 cm³/mol. The van der Waals surface area contributed by atoms with Gasteiger partial charge in [0.2, 0.25) is 0 Å². The number of nitrogens with zero attached hydrogens (tertiary/aromatic N) is 1. The molecule has 0 bridgehead atoms. The van der Waals surface area contributed by atoms with Gasteiger partial charge in [-0.15, -0.1) is 0 Å². The SMILES string of the molecule is OCC1(N2CC3(CCCC3)C2)CCCC1. The maximum Gasteiger partial charge on any atom is 0.0615 e. The molecule has 0 radical (unpaired) electrons. The first-order valence-electron chi connectivity index (χ1n) is 6.65. The van der Waals surface area contributed by atoms with E-state index >= 15 is 0 Å². The molecule has 0 amide bonds. The Morgan fingerprint density at radius 1 is 0.867 bits per heavy atom. The molecule has 0 unspecified atom stereocenters. The molecule has 0 aromatic heterocycles. The van der Waals surface area contributed by atoms with Crippen LogP contribution in [0.25, 0.3) is 0 Å². The van der Waals surface area contributed by atoms with Crippen LogP contribution in [0, 0.1) is 5.41 Å². The molecule has 3 fully saturated rings. The highest BCUT2D eigenvalue weighted by molar-refractivity contribution is 5.06. The van der Waals surface area contributed by atoms with Gasteiger partial charge in [0.25, 0.3) is 0 Å².